The number of benzene rings is 2. The van der Waals surface area contributed by atoms with Crippen LogP contribution in [0.25, 0.3) is 0 Å². The molecule has 0 saturated carbocycles. The van der Waals surface area contributed by atoms with Crippen molar-refractivity contribution in [3.05, 3.63) is 52.8 Å². The summed E-state index contributed by atoms with van der Waals surface area (Å²) in [5, 5.41) is 0.390. The van der Waals surface area contributed by atoms with Crippen LogP contribution in [0.4, 0.5) is 4.39 Å². The molecule has 126 valence electrons. The van der Waals surface area contributed by atoms with E-state index >= 15 is 0 Å². The minimum atomic E-state index is -0.621. The van der Waals surface area contributed by atoms with Gasteiger partial charge in [0.25, 0.3) is 0 Å². The highest BCUT2D eigenvalue weighted by Gasteiger charge is 2.17. The summed E-state index contributed by atoms with van der Waals surface area (Å²) < 4.78 is 34.4. The number of halogens is 2. The standard InChI is InChI=1S/C17H14ClFO5/c18-12-7-11(8-15-17(12)22-6-5-21-15)9-24-16(20)10-23-14-4-2-1-3-13(14)19/h1-4,7-8H,5-6,9-10H2. The fourth-order valence-electron chi connectivity index (χ4n) is 2.15. The Morgan fingerprint density at radius 2 is 2.00 bits per heavy atom. The topological polar surface area (TPSA) is 54.0 Å². The van der Waals surface area contributed by atoms with Gasteiger partial charge in [-0.2, -0.15) is 0 Å². The van der Waals surface area contributed by atoms with Crippen molar-refractivity contribution in [1.82, 2.24) is 0 Å². The molecule has 7 heteroatoms. The molecule has 2 aromatic carbocycles. The van der Waals surface area contributed by atoms with Crippen LogP contribution in [0.15, 0.2) is 36.4 Å². The van der Waals surface area contributed by atoms with Crippen molar-refractivity contribution < 1.29 is 28.1 Å². The maximum atomic E-state index is 13.4. The van der Waals surface area contributed by atoms with E-state index in [9.17, 15) is 9.18 Å². The summed E-state index contributed by atoms with van der Waals surface area (Å²) in [7, 11) is 0. The number of hydrogen-bond acceptors (Lipinski definition) is 5. The highest BCUT2D eigenvalue weighted by atomic mass is 35.5. The van der Waals surface area contributed by atoms with E-state index in [0.29, 0.717) is 35.3 Å². The molecule has 1 aliphatic rings. The fourth-order valence-corrected chi connectivity index (χ4v) is 2.44. The number of carbonyl (C=O) groups excluding carboxylic acids is 1. The third-order valence-electron chi connectivity index (χ3n) is 3.24. The average Bonchev–Trinajstić information content (AvgIpc) is 2.59. The van der Waals surface area contributed by atoms with Gasteiger partial charge in [0, 0.05) is 0 Å². The lowest BCUT2D eigenvalue weighted by Crippen LogP contribution is -2.17. The zero-order valence-corrected chi connectivity index (χ0v) is 13.3. The molecule has 0 unspecified atom stereocenters. The van der Waals surface area contributed by atoms with Gasteiger partial charge < -0.3 is 18.9 Å². The first-order valence-corrected chi connectivity index (χ1v) is 7.62. The van der Waals surface area contributed by atoms with Gasteiger partial charge in [0.15, 0.2) is 29.7 Å². The zero-order chi connectivity index (χ0) is 16.9. The van der Waals surface area contributed by atoms with E-state index in [1.807, 2.05) is 0 Å². The molecule has 0 aliphatic carbocycles. The summed E-state index contributed by atoms with van der Waals surface area (Å²) in [5.74, 6) is -0.159. The van der Waals surface area contributed by atoms with Gasteiger partial charge in [0.2, 0.25) is 0 Å². The Morgan fingerprint density at radius 1 is 1.21 bits per heavy atom. The SMILES string of the molecule is O=C(COc1ccccc1F)OCc1cc(Cl)c2c(c1)OCCO2. The molecule has 0 spiro atoms. The number of carbonyl (C=O) groups is 1. The molecule has 0 saturated heterocycles. The summed E-state index contributed by atoms with van der Waals surface area (Å²) in [6.45, 7) is 0.479. The van der Waals surface area contributed by atoms with Gasteiger partial charge in [-0.25, -0.2) is 9.18 Å². The van der Waals surface area contributed by atoms with Crippen LogP contribution in [-0.4, -0.2) is 25.8 Å². The smallest absolute Gasteiger partial charge is 0.344 e. The highest BCUT2D eigenvalue weighted by Crippen LogP contribution is 2.38. The van der Waals surface area contributed by atoms with Crippen LogP contribution in [-0.2, 0) is 16.1 Å². The number of ether oxygens (including phenoxy) is 4. The lowest BCUT2D eigenvalue weighted by Gasteiger charge is -2.20. The molecule has 0 N–H and O–H groups in total. The van der Waals surface area contributed by atoms with E-state index in [0.717, 1.165) is 0 Å². The fraction of sp³-hybridized carbons (Fsp3) is 0.235. The van der Waals surface area contributed by atoms with E-state index in [-0.39, 0.29) is 19.0 Å². The predicted molar refractivity (Wildman–Crippen MR) is 84.1 cm³/mol. The van der Waals surface area contributed by atoms with Crippen LogP contribution in [0.1, 0.15) is 5.56 Å². The van der Waals surface area contributed by atoms with E-state index in [1.54, 1.807) is 18.2 Å². The maximum Gasteiger partial charge on any atom is 0.344 e. The number of esters is 1. The molecule has 1 aliphatic heterocycles. The third-order valence-corrected chi connectivity index (χ3v) is 3.52. The normalized spacial score (nSPS) is 12.6. The largest absolute Gasteiger partial charge is 0.486 e. The van der Waals surface area contributed by atoms with Crippen molar-refractivity contribution in [3.8, 4) is 17.2 Å². The van der Waals surface area contributed by atoms with Crippen LogP contribution in [0, 0.1) is 5.82 Å². The average molecular weight is 353 g/mol. The lowest BCUT2D eigenvalue weighted by atomic mass is 10.2. The monoisotopic (exact) mass is 352 g/mol. The molecule has 0 amide bonds. The first-order chi connectivity index (χ1) is 11.6. The maximum absolute atomic E-state index is 13.4. The first kappa shape index (κ1) is 16.4. The molecule has 0 atom stereocenters. The van der Waals surface area contributed by atoms with Gasteiger partial charge in [-0.05, 0) is 29.8 Å². The Kier molecular flexibility index (Phi) is 5.05. The number of rotatable bonds is 5. The number of para-hydroxylation sites is 1. The molecule has 1 heterocycles. The second kappa shape index (κ2) is 7.40. The molecular formula is C17H14ClFO5. The van der Waals surface area contributed by atoms with Crippen molar-refractivity contribution in [2.75, 3.05) is 19.8 Å². The molecule has 0 fully saturated rings. The van der Waals surface area contributed by atoms with Gasteiger partial charge in [0.05, 0.1) is 5.02 Å². The van der Waals surface area contributed by atoms with Gasteiger partial charge in [-0.1, -0.05) is 23.7 Å². The Balaban J connectivity index is 1.55. The van der Waals surface area contributed by atoms with Crippen molar-refractivity contribution in [2.24, 2.45) is 0 Å². The van der Waals surface area contributed by atoms with Crippen molar-refractivity contribution in [3.63, 3.8) is 0 Å². The minimum absolute atomic E-state index is 0.00294. The summed E-state index contributed by atoms with van der Waals surface area (Å²) in [5.41, 5.74) is 0.656. The van der Waals surface area contributed by atoms with E-state index in [4.69, 9.17) is 30.5 Å². The van der Waals surface area contributed by atoms with Crippen LogP contribution in [0.2, 0.25) is 5.02 Å². The Bertz CT molecular complexity index is 750. The van der Waals surface area contributed by atoms with Gasteiger partial charge >= 0.3 is 5.97 Å². The summed E-state index contributed by atoms with van der Waals surface area (Å²) >= 11 is 6.11. The molecular weight excluding hydrogens is 339 g/mol. The van der Waals surface area contributed by atoms with Crippen molar-refractivity contribution in [1.29, 1.82) is 0 Å². The molecule has 24 heavy (non-hydrogen) atoms. The summed E-state index contributed by atoms with van der Waals surface area (Å²) in [6.07, 6.45) is 0. The number of hydrogen-bond donors (Lipinski definition) is 0. The Labute approximate surface area is 142 Å². The molecule has 0 bridgehead atoms. The molecule has 5 nitrogen and oxygen atoms in total. The van der Waals surface area contributed by atoms with Crippen LogP contribution >= 0.6 is 11.6 Å². The van der Waals surface area contributed by atoms with Crippen LogP contribution in [0.3, 0.4) is 0 Å². The highest BCUT2D eigenvalue weighted by molar-refractivity contribution is 6.32. The zero-order valence-electron chi connectivity index (χ0n) is 12.6. The van der Waals surface area contributed by atoms with Crippen molar-refractivity contribution >= 4 is 17.6 Å². The molecule has 3 rings (SSSR count). The molecule has 0 radical (unpaired) electrons. The van der Waals surface area contributed by atoms with E-state index in [1.165, 1.54) is 18.2 Å². The predicted octanol–water partition coefficient (Wildman–Crippen LogP) is 3.37. The van der Waals surface area contributed by atoms with Gasteiger partial charge in [0.1, 0.15) is 19.8 Å². The van der Waals surface area contributed by atoms with E-state index in [2.05, 4.69) is 0 Å². The van der Waals surface area contributed by atoms with E-state index < -0.39 is 11.8 Å². The van der Waals surface area contributed by atoms with Crippen LogP contribution < -0.4 is 14.2 Å². The third kappa shape index (κ3) is 3.89. The quantitative estimate of drug-likeness (QED) is 0.772. The summed E-state index contributed by atoms with van der Waals surface area (Å²) in [4.78, 5) is 11.7. The Morgan fingerprint density at radius 3 is 2.83 bits per heavy atom. The second-order valence-corrected chi connectivity index (χ2v) is 5.39. The van der Waals surface area contributed by atoms with Gasteiger partial charge in [-0.15, -0.1) is 0 Å². The number of fused-ring (bicyclic) bond motifs is 1. The van der Waals surface area contributed by atoms with Crippen molar-refractivity contribution in [2.45, 2.75) is 6.61 Å². The second-order valence-electron chi connectivity index (χ2n) is 4.98. The molecule has 0 aromatic heterocycles. The lowest BCUT2D eigenvalue weighted by molar-refractivity contribution is -0.147. The van der Waals surface area contributed by atoms with Gasteiger partial charge in [-0.3, -0.25) is 0 Å². The summed E-state index contributed by atoms with van der Waals surface area (Å²) in [6, 6.07) is 9.17. The van der Waals surface area contributed by atoms with Crippen LogP contribution in [0.5, 0.6) is 17.2 Å². The first-order valence-electron chi connectivity index (χ1n) is 7.24. The minimum Gasteiger partial charge on any atom is -0.486 e. The molecule has 2 aromatic rings. The Hall–Kier alpha value is -2.47.